The zero-order chi connectivity index (χ0) is 36.3. The average molecular weight is 727 g/mol. The molecule has 0 saturated heterocycles. The van der Waals surface area contributed by atoms with Crippen LogP contribution in [-0.2, 0) is 24.4 Å². The van der Waals surface area contributed by atoms with Gasteiger partial charge in [-0.25, -0.2) is 17.9 Å². The van der Waals surface area contributed by atoms with Gasteiger partial charge in [-0.05, 0) is 42.9 Å². The second-order valence-electron chi connectivity index (χ2n) is 12.3. The number of aliphatic carboxylic acids is 1. The predicted molar refractivity (Wildman–Crippen MR) is 193 cm³/mol. The molecule has 0 aliphatic carbocycles. The van der Waals surface area contributed by atoms with Crippen molar-refractivity contribution in [1.29, 1.82) is 0 Å². The lowest BCUT2D eigenvalue weighted by Gasteiger charge is -2.37. The molecule has 0 aromatic heterocycles. The van der Waals surface area contributed by atoms with Crippen molar-refractivity contribution in [2.45, 2.75) is 79.8 Å². The topological polar surface area (TPSA) is 174 Å². The molecule has 1 heterocycles. The van der Waals surface area contributed by atoms with Crippen LogP contribution < -0.4 is 25.0 Å². The first-order chi connectivity index (χ1) is 24.0. The highest BCUT2D eigenvalue weighted by molar-refractivity contribution is 7.98. The number of hydrogen-bond donors (Lipinski definition) is 5. The van der Waals surface area contributed by atoms with Crippen LogP contribution in [0.5, 0.6) is 5.75 Å². The molecule has 1 aliphatic rings. The van der Waals surface area contributed by atoms with Crippen LogP contribution in [0.25, 0.3) is 0 Å². The fourth-order valence-electron chi connectivity index (χ4n) is 5.98. The summed E-state index contributed by atoms with van der Waals surface area (Å²) in [5.74, 6) is -2.81. The Bertz CT molecular complexity index is 1720. The van der Waals surface area contributed by atoms with E-state index in [1.54, 1.807) is 36.4 Å². The number of amides is 2. The number of carboxylic acids is 1. The number of hydrogen-bond acceptors (Lipinski definition) is 9. The molecule has 4 rings (SSSR count). The Morgan fingerprint density at radius 3 is 2.16 bits per heavy atom. The third-order valence-electron chi connectivity index (χ3n) is 8.58. The second-order valence-corrected chi connectivity index (χ2v) is 14.8. The van der Waals surface area contributed by atoms with E-state index in [9.17, 15) is 33.0 Å². The van der Waals surface area contributed by atoms with Crippen LogP contribution in [0.4, 0.5) is 11.4 Å². The number of nitrogens with one attached hydrogen (secondary N) is 3. The number of para-hydroxylation sites is 1. The quantitative estimate of drug-likeness (QED) is 0.122. The van der Waals surface area contributed by atoms with Crippen LogP contribution in [-0.4, -0.2) is 74.0 Å². The monoisotopic (exact) mass is 726 g/mol. The highest BCUT2D eigenvalue weighted by atomic mass is 32.2. The molecule has 14 heteroatoms. The lowest BCUT2D eigenvalue weighted by atomic mass is 9.87. The van der Waals surface area contributed by atoms with Crippen molar-refractivity contribution in [3.63, 3.8) is 0 Å². The van der Waals surface area contributed by atoms with Gasteiger partial charge in [0.05, 0.1) is 22.7 Å². The largest absolute Gasteiger partial charge is 0.483 e. The maximum absolute atomic E-state index is 14.3. The minimum atomic E-state index is -4.06. The van der Waals surface area contributed by atoms with Gasteiger partial charge in [-0.1, -0.05) is 88.1 Å². The number of sulfonamides is 1. The molecule has 2 atom stereocenters. The average Bonchev–Trinajstić information content (AvgIpc) is 3.21. The Morgan fingerprint density at radius 2 is 1.60 bits per heavy atom. The molecule has 0 radical (unpaired) electrons. The number of carbonyl (C=O) groups excluding carboxylic acids is 2. The Balaban J connectivity index is 1.68. The minimum Gasteiger partial charge on any atom is -0.483 e. The molecule has 3 aromatic carbocycles. The summed E-state index contributed by atoms with van der Waals surface area (Å²) in [7, 11) is -4.06. The summed E-state index contributed by atoms with van der Waals surface area (Å²) in [6, 6.07) is 18.2. The summed E-state index contributed by atoms with van der Waals surface area (Å²) in [6.07, 6.45) is 6.69. The maximum Gasteiger partial charge on any atom is 0.328 e. The van der Waals surface area contributed by atoms with Crippen molar-refractivity contribution in [2.75, 3.05) is 30.9 Å². The van der Waals surface area contributed by atoms with Crippen molar-refractivity contribution in [2.24, 2.45) is 0 Å². The number of aliphatic hydroxyl groups excluding tert-OH is 1. The van der Waals surface area contributed by atoms with Crippen LogP contribution in [0, 0.1) is 0 Å². The third-order valence-corrected chi connectivity index (χ3v) is 10.9. The van der Waals surface area contributed by atoms with Crippen LogP contribution in [0.1, 0.15) is 64.0 Å². The number of ether oxygens (including phenoxy) is 1. The highest BCUT2D eigenvalue weighted by Gasteiger charge is 2.42. The van der Waals surface area contributed by atoms with Gasteiger partial charge in [-0.2, -0.15) is 0 Å². The van der Waals surface area contributed by atoms with E-state index in [2.05, 4.69) is 29.2 Å². The van der Waals surface area contributed by atoms with E-state index in [-0.39, 0.29) is 10.6 Å². The van der Waals surface area contributed by atoms with Crippen molar-refractivity contribution in [1.82, 2.24) is 15.4 Å². The molecule has 0 bridgehead atoms. The number of carboxylic acid groups (broad SMARTS) is 1. The number of benzene rings is 3. The fraction of sp³-hybridized carbons (Fsp3) is 0.417. The Morgan fingerprint density at radius 1 is 0.980 bits per heavy atom. The number of rotatable bonds is 17. The summed E-state index contributed by atoms with van der Waals surface area (Å²) in [5, 5.41) is 23.5. The molecule has 0 saturated carbocycles. The van der Waals surface area contributed by atoms with Gasteiger partial charge in [0.25, 0.3) is 5.91 Å². The number of fused-ring (bicyclic) bond motifs is 1. The summed E-state index contributed by atoms with van der Waals surface area (Å²) >= 11 is 1.34. The van der Waals surface area contributed by atoms with Crippen LogP contribution >= 0.6 is 11.8 Å². The number of unbranched alkanes of at least 4 members (excludes halogenated alkanes) is 2. The van der Waals surface area contributed by atoms with Gasteiger partial charge in [-0.3, -0.25) is 9.59 Å². The van der Waals surface area contributed by atoms with Crippen molar-refractivity contribution in [3.8, 4) is 5.75 Å². The zero-order valence-corrected chi connectivity index (χ0v) is 30.2. The SMILES string of the molecule is CCCCC1(CCCC)CN(c2ccccc2)c2cc(SC)c(OCC(=O)N[C@@H](C(=O)N[C@@H](CO)C(=O)O)c3ccccc3)cc2S(=O)(=O)N1. The molecule has 1 aliphatic heterocycles. The summed E-state index contributed by atoms with van der Waals surface area (Å²) in [4.78, 5) is 40.5. The maximum atomic E-state index is 14.3. The molecule has 0 fully saturated rings. The molecule has 12 nitrogen and oxygen atoms in total. The van der Waals surface area contributed by atoms with Crippen LogP contribution in [0.15, 0.2) is 82.6 Å². The van der Waals surface area contributed by atoms with Gasteiger partial charge in [0.2, 0.25) is 15.9 Å². The van der Waals surface area contributed by atoms with E-state index in [0.29, 0.717) is 35.5 Å². The molecule has 2 amide bonds. The lowest BCUT2D eigenvalue weighted by Crippen LogP contribution is -2.53. The number of carbonyl (C=O) groups is 3. The fourth-order valence-corrected chi connectivity index (χ4v) is 8.18. The number of thioether (sulfide) groups is 1. The Hall–Kier alpha value is -4.11. The van der Waals surface area contributed by atoms with Crippen molar-refractivity contribution < 1.29 is 37.8 Å². The van der Waals surface area contributed by atoms with Gasteiger partial charge in [-0.15, -0.1) is 11.8 Å². The molecular formula is C36H46N4O8S2. The van der Waals surface area contributed by atoms with E-state index < -0.39 is 58.6 Å². The standard InChI is InChI=1S/C36H46N4O8S2/c1-4-6-18-36(19-7-5-2)24-40(26-16-12-9-13-17-26)28-20-30(49-3)29(21-31(28)50(46,47)39-36)48-23-32(42)38-33(25-14-10-8-11-15-25)34(43)37-27(22-41)35(44)45/h8-17,20-21,27,33,39,41H,4-7,18-19,22-24H2,1-3H3,(H,37,43)(H,38,42)(H,44,45)/t27-,33+/m0/s1. The van der Waals surface area contributed by atoms with Gasteiger partial charge in [0.1, 0.15) is 22.7 Å². The number of nitrogens with zero attached hydrogens (tertiary/aromatic N) is 1. The second kappa shape index (κ2) is 17.7. The van der Waals surface area contributed by atoms with E-state index in [4.69, 9.17) is 4.74 Å². The first kappa shape index (κ1) is 38.7. The highest BCUT2D eigenvalue weighted by Crippen LogP contribution is 2.44. The smallest absolute Gasteiger partial charge is 0.328 e. The summed E-state index contributed by atoms with van der Waals surface area (Å²) in [6.45, 7) is 3.19. The van der Waals surface area contributed by atoms with Crippen molar-refractivity contribution in [3.05, 3.63) is 78.4 Å². The van der Waals surface area contributed by atoms with Crippen molar-refractivity contribution >= 4 is 50.9 Å². The number of aliphatic hydroxyl groups is 1. The zero-order valence-electron chi connectivity index (χ0n) is 28.6. The van der Waals surface area contributed by atoms with E-state index in [1.165, 1.54) is 17.8 Å². The Labute approximate surface area is 298 Å². The lowest BCUT2D eigenvalue weighted by molar-refractivity contribution is -0.143. The van der Waals surface area contributed by atoms with Gasteiger partial charge >= 0.3 is 5.97 Å². The van der Waals surface area contributed by atoms with E-state index in [0.717, 1.165) is 31.4 Å². The molecule has 50 heavy (non-hydrogen) atoms. The third kappa shape index (κ3) is 9.56. The van der Waals surface area contributed by atoms with Gasteiger partial charge < -0.3 is 30.5 Å². The molecule has 3 aromatic rings. The molecule has 270 valence electrons. The minimum absolute atomic E-state index is 0.0229. The normalized spacial score (nSPS) is 16.0. The number of anilines is 2. The van der Waals surface area contributed by atoms with Gasteiger partial charge in [0.15, 0.2) is 6.61 Å². The van der Waals surface area contributed by atoms with E-state index >= 15 is 0 Å². The predicted octanol–water partition coefficient (Wildman–Crippen LogP) is 4.76. The van der Waals surface area contributed by atoms with Crippen LogP contribution in [0.2, 0.25) is 0 Å². The first-order valence-corrected chi connectivity index (χ1v) is 19.4. The molecular weight excluding hydrogens is 681 g/mol. The summed E-state index contributed by atoms with van der Waals surface area (Å²) < 4.78 is 37.6. The summed E-state index contributed by atoms with van der Waals surface area (Å²) in [5.41, 5.74) is 1.00. The van der Waals surface area contributed by atoms with E-state index in [1.807, 2.05) is 41.5 Å². The Kier molecular flexibility index (Phi) is 13.7. The molecule has 0 unspecified atom stereocenters. The molecule has 5 N–H and O–H groups in total. The van der Waals surface area contributed by atoms with Gasteiger partial charge in [0, 0.05) is 18.3 Å². The first-order valence-electron chi connectivity index (χ1n) is 16.7. The molecule has 0 spiro atoms. The van der Waals surface area contributed by atoms with Crippen LogP contribution in [0.3, 0.4) is 0 Å².